The van der Waals surface area contributed by atoms with Crippen LogP contribution in [0.15, 0.2) is 0 Å². The summed E-state index contributed by atoms with van der Waals surface area (Å²) < 4.78 is 13.4. The van der Waals surface area contributed by atoms with Crippen molar-refractivity contribution in [2.75, 3.05) is 84.6 Å². The van der Waals surface area contributed by atoms with Crippen molar-refractivity contribution in [3.05, 3.63) is 0 Å². The van der Waals surface area contributed by atoms with Crippen LogP contribution in [0.5, 0.6) is 0 Å². The van der Waals surface area contributed by atoms with E-state index < -0.39 is 0 Å². The van der Waals surface area contributed by atoms with Crippen molar-refractivity contribution in [1.29, 1.82) is 0 Å². The maximum absolute atomic E-state index is 2.23. The average Bonchev–Trinajstić information content (AvgIpc) is 2.12. The van der Waals surface area contributed by atoms with Crippen molar-refractivity contribution in [2.24, 2.45) is 0 Å². The van der Waals surface area contributed by atoms with Gasteiger partial charge in [-0.05, 0) is 84.6 Å². The minimum atomic E-state index is -0.238. The van der Waals surface area contributed by atoms with Gasteiger partial charge >= 0.3 is 16.5 Å². The number of hydrogen-bond acceptors (Lipinski definition) is 6. The maximum atomic E-state index is 2.23. The fourth-order valence-electron chi connectivity index (χ4n) is 2.15. The predicted molar refractivity (Wildman–Crippen MR) is 96.0 cm³/mol. The van der Waals surface area contributed by atoms with Gasteiger partial charge in [0.05, 0.1) is 0 Å². The molecule has 6 nitrogen and oxygen atoms in total. The van der Waals surface area contributed by atoms with Gasteiger partial charge in [0.2, 0.25) is 0 Å². The Morgan fingerprint density at radius 1 is 0.348 bits per heavy atom. The Kier molecular flexibility index (Phi) is 28.7. The molecule has 0 aliphatic carbocycles. The van der Waals surface area contributed by atoms with E-state index in [4.69, 9.17) is 0 Å². The van der Waals surface area contributed by atoms with Gasteiger partial charge in [0.1, 0.15) is 16.7 Å². The Morgan fingerprint density at radius 2 is 0.435 bits per heavy atom. The smallest absolute Gasteiger partial charge is 1.00 e. The van der Waals surface area contributed by atoms with Crippen LogP contribution in [0.25, 0.3) is 0 Å². The molecule has 0 spiro atoms. The summed E-state index contributed by atoms with van der Waals surface area (Å²) in [6.45, 7) is 0. The molecule has 0 rings (SSSR count). The average molecular weight is 456 g/mol. The number of nitrogens with zero attached hydrogens (tertiary/aromatic N) is 6. The van der Waals surface area contributed by atoms with E-state index in [0.29, 0.717) is 0 Å². The van der Waals surface area contributed by atoms with Crippen molar-refractivity contribution in [1.82, 2.24) is 28.0 Å². The normalized spacial score (nSPS) is 11.0. The monoisotopic (exact) mass is 454 g/mol. The van der Waals surface area contributed by atoms with Gasteiger partial charge in [0.15, 0.2) is 0 Å². The summed E-state index contributed by atoms with van der Waals surface area (Å²) in [5.41, 5.74) is 0. The van der Waals surface area contributed by atoms with Crippen LogP contribution in [-0.4, -0.2) is 113 Å². The van der Waals surface area contributed by atoms with Crippen molar-refractivity contribution < 1.29 is 41.3 Å². The minimum absolute atomic E-state index is 0. The second-order valence-electron chi connectivity index (χ2n) is 5.62. The minimum Gasteiger partial charge on any atom is -1.00 e. The van der Waals surface area contributed by atoms with Crippen LogP contribution in [0.2, 0.25) is 0 Å². The summed E-state index contributed by atoms with van der Waals surface area (Å²) in [4.78, 5) is 0. The summed E-state index contributed by atoms with van der Waals surface area (Å²) in [5, 5.41) is 0. The van der Waals surface area contributed by atoms with E-state index in [1.807, 2.05) is 0 Å². The topological polar surface area (TPSA) is 19.4 Å². The SMILES string of the molecule is CN(C)P(N(C)C)N(C)C.CN(C)P(N(C)C)N(C)C.[Cl-].[Cl-].[Ni+2]. The zero-order chi connectivity index (χ0) is 16.6. The van der Waals surface area contributed by atoms with Gasteiger partial charge in [-0.3, -0.25) is 28.0 Å². The van der Waals surface area contributed by atoms with E-state index in [1.165, 1.54) is 0 Å². The Labute approximate surface area is 170 Å². The summed E-state index contributed by atoms with van der Waals surface area (Å²) >= 11 is 0. The molecule has 23 heavy (non-hydrogen) atoms. The van der Waals surface area contributed by atoms with Gasteiger partial charge in [0, 0.05) is 0 Å². The summed E-state index contributed by atoms with van der Waals surface area (Å²) in [6.07, 6.45) is 0. The van der Waals surface area contributed by atoms with Crippen molar-refractivity contribution in [3.63, 3.8) is 0 Å². The first-order valence-corrected chi connectivity index (χ1v) is 8.97. The molecule has 0 aliphatic heterocycles. The van der Waals surface area contributed by atoms with Crippen LogP contribution in [-0.2, 0) is 16.5 Å². The molecule has 0 N–H and O–H groups in total. The zero-order valence-electron chi connectivity index (χ0n) is 16.6. The standard InChI is InChI=1S/2C6H18N3P.2ClH.Ni/c2*1-7(2)10(8(3)4)9(5)6;;;/h2*1-6H3;2*1H;/q;;;;+2/p-2. The van der Waals surface area contributed by atoms with Crippen molar-refractivity contribution in [2.45, 2.75) is 0 Å². The largest absolute Gasteiger partial charge is 2.00 e. The molecule has 0 aromatic rings. The zero-order valence-corrected chi connectivity index (χ0v) is 20.9. The molecule has 0 saturated heterocycles. The number of hydrogen-bond donors (Lipinski definition) is 0. The molecule has 0 heterocycles. The molecule has 0 aromatic heterocycles. The molecule has 0 unspecified atom stereocenters. The summed E-state index contributed by atoms with van der Waals surface area (Å²) in [6, 6.07) is 0. The number of rotatable bonds is 6. The Balaban J connectivity index is -0.0000000831. The fourth-order valence-corrected chi connectivity index (χ4v) is 6.44. The first kappa shape index (κ1) is 35.7. The molecule has 0 saturated carbocycles. The van der Waals surface area contributed by atoms with E-state index in [1.54, 1.807) is 0 Å². The first-order valence-electron chi connectivity index (χ1n) is 6.57. The second kappa shape index (κ2) is 18.5. The molecular weight excluding hydrogens is 420 g/mol. The molecule has 0 aromatic carbocycles. The van der Waals surface area contributed by atoms with Crippen LogP contribution in [0.3, 0.4) is 0 Å². The number of halogens is 2. The van der Waals surface area contributed by atoms with Crippen LogP contribution >= 0.6 is 16.7 Å². The Bertz CT molecular complexity index is 188. The predicted octanol–water partition coefficient (Wildman–Crippen LogP) is -4.20. The summed E-state index contributed by atoms with van der Waals surface area (Å²) in [5.74, 6) is 0. The van der Waals surface area contributed by atoms with E-state index in [0.717, 1.165) is 0 Å². The quantitative estimate of drug-likeness (QED) is 0.297. The van der Waals surface area contributed by atoms with Gasteiger partial charge in [0.25, 0.3) is 0 Å². The molecule has 0 amide bonds. The molecule has 0 aliphatic rings. The van der Waals surface area contributed by atoms with Crippen LogP contribution in [0, 0.1) is 0 Å². The molecule has 0 bridgehead atoms. The molecule has 0 fully saturated rings. The van der Waals surface area contributed by atoms with Gasteiger partial charge < -0.3 is 24.8 Å². The Morgan fingerprint density at radius 3 is 0.435 bits per heavy atom. The van der Waals surface area contributed by atoms with E-state index >= 15 is 0 Å². The van der Waals surface area contributed by atoms with Crippen molar-refractivity contribution in [3.8, 4) is 0 Å². The maximum Gasteiger partial charge on any atom is 2.00 e. The van der Waals surface area contributed by atoms with E-state index in [2.05, 4.69) is 113 Å². The second-order valence-corrected chi connectivity index (χ2v) is 11.5. The van der Waals surface area contributed by atoms with Crippen LogP contribution in [0.4, 0.5) is 0 Å². The third-order valence-corrected chi connectivity index (χ3v) is 6.44. The summed E-state index contributed by atoms with van der Waals surface area (Å²) in [7, 11) is 24.8. The van der Waals surface area contributed by atoms with Gasteiger partial charge in [-0.1, -0.05) is 0 Å². The molecule has 0 atom stereocenters. The van der Waals surface area contributed by atoms with E-state index in [9.17, 15) is 0 Å². The van der Waals surface area contributed by atoms with Crippen molar-refractivity contribution >= 4 is 16.7 Å². The molecular formula is C12H36Cl2N6NiP2. The van der Waals surface area contributed by atoms with Crippen LogP contribution in [0.1, 0.15) is 0 Å². The first-order chi connectivity index (χ1) is 8.93. The fraction of sp³-hybridized carbons (Fsp3) is 1.00. The van der Waals surface area contributed by atoms with Gasteiger partial charge in [-0.15, -0.1) is 0 Å². The van der Waals surface area contributed by atoms with Gasteiger partial charge in [-0.25, -0.2) is 0 Å². The third kappa shape index (κ3) is 16.9. The molecule has 148 valence electrons. The molecule has 11 heteroatoms. The van der Waals surface area contributed by atoms with E-state index in [-0.39, 0.29) is 58.1 Å². The van der Waals surface area contributed by atoms with Crippen LogP contribution < -0.4 is 24.8 Å². The molecule has 0 radical (unpaired) electrons. The van der Waals surface area contributed by atoms with Gasteiger partial charge in [-0.2, -0.15) is 0 Å². The third-order valence-electron chi connectivity index (χ3n) is 2.15. The Hall–Kier alpha value is 1.69.